The lowest BCUT2D eigenvalue weighted by atomic mass is 10.1. The number of hydrogen-bond acceptors (Lipinski definition) is 6. The highest BCUT2D eigenvalue weighted by molar-refractivity contribution is 7.99. The first-order chi connectivity index (χ1) is 15.1. The minimum atomic E-state index is -0.0900. The van der Waals surface area contributed by atoms with Gasteiger partial charge in [0.25, 0.3) is 5.22 Å². The number of aromatic nitrogens is 2. The standard InChI is InChI=1S/C24H19N3O3S/c1-3-14-29-21-12-10-20(11-13-21)27(2)22(28)16-31-24-26-25-23(30-24)19-9-8-17-6-4-5-7-18(17)15-19/h1,4-13,15H,14,16H2,2H3. The molecule has 31 heavy (non-hydrogen) atoms. The van der Waals surface area contributed by atoms with Crippen LogP contribution in [0.3, 0.4) is 0 Å². The van der Waals surface area contributed by atoms with Gasteiger partial charge in [0.1, 0.15) is 12.4 Å². The predicted octanol–water partition coefficient (Wildman–Crippen LogP) is 4.66. The van der Waals surface area contributed by atoms with Crippen LogP contribution in [0, 0.1) is 12.3 Å². The maximum absolute atomic E-state index is 12.6. The molecule has 0 spiro atoms. The second-order valence-electron chi connectivity index (χ2n) is 6.66. The van der Waals surface area contributed by atoms with E-state index in [0.717, 1.165) is 22.0 Å². The second-order valence-corrected chi connectivity index (χ2v) is 7.59. The molecule has 4 rings (SSSR count). The third-order valence-electron chi connectivity index (χ3n) is 4.64. The van der Waals surface area contributed by atoms with Gasteiger partial charge in [0, 0.05) is 18.3 Å². The maximum atomic E-state index is 12.6. The minimum Gasteiger partial charge on any atom is -0.481 e. The lowest BCUT2D eigenvalue weighted by Crippen LogP contribution is -2.27. The Morgan fingerprint density at radius 3 is 2.65 bits per heavy atom. The van der Waals surface area contributed by atoms with Crippen LogP contribution >= 0.6 is 11.8 Å². The summed E-state index contributed by atoms with van der Waals surface area (Å²) in [5, 5.41) is 10.8. The smallest absolute Gasteiger partial charge is 0.277 e. The minimum absolute atomic E-state index is 0.0900. The Morgan fingerprint density at radius 1 is 1.10 bits per heavy atom. The van der Waals surface area contributed by atoms with E-state index in [1.807, 2.05) is 42.5 Å². The van der Waals surface area contributed by atoms with Gasteiger partial charge in [-0.05, 0) is 47.2 Å². The van der Waals surface area contributed by atoms with Crippen LogP contribution in [0.25, 0.3) is 22.2 Å². The Balaban J connectivity index is 1.37. The van der Waals surface area contributed by atoms with E-state index in [4.69, 9.17) is 15.6 Å². The molecule has 0 aliphatic heterocycles. The van der Waals surface area contributed by atoms with E-state index in [0.29, 0.717) is 16.9 Å². The molecular formula is C24H19N3O3S. The quantitative estimate of drug-likeness (QED) is 0.314. The van der Waals surface area contributed by atoms with Gasteiger partial charge in [0.2, 0.25) is 11.8 Å². The molecule has 0 saturated carbocycles. The molecular weight excluding hydrogens is 410 g/mol. The van der Waals surface area contributed by atoms with Gasteiger partial charge in [-0.2, -0.15) is 0 Å². The number of carbonyl (C=O) groups excluding carboxylic acids is 1. The molecule has 0 aliphatic rings. The molecule has 0 fully saturated rings. The summed E-state index contributed by atoms with van der Waals surface area (Å²) in [6.45, 7) is 0.204. The van der Waals surface area contributed by atoms with Crippen molar-refractivity contribution in [3.63, 3.8) is 0 Å². The number of carbonyl (C=O) groups is 1. The molecule has 7 heteroatoms. The highest BCUT2D eigenvalue weighted by Crippen LogP contribution is 2.27. The molecule has 3 aromatic carbocycles. The second kappa shape index (κ2) is 9.37. The molecule has 1 heterocycles. The molecule has 6 nitrogen and oxygen atoms in total. The average Bonchev–Trinajstić information content (AvgIpc) is 3.30. The summed E-state index contributed by atoms with van der Waals surface area (Å²) < 4.78 is 11.1. The Hall–Kier alpha value is -3.76. The zero-order valence-corrected chi connectivity index (χ0v) is 17.6. The highest BCUT2D eigenvalue weighted by atomic mass is 32.2. The van der Waals surface area contributed by atoms with Gasteiger partial charge in [-0.3, -0.25) is 4.79 Å². The van der Waals surface area contributed by atoms with E-state index < -0.39 is 0 Å². The molecule has 4 aromatic rings. The maximum Gasteiger partial charge on any atom is 0.277 e. The van der Waals surface area contributed by atoms with E-state index in [1.165, 1.54) is 11.8 Å². The third kappa shape index (κ3) is 4.87. The number of fused-ring (bicyclic) bond motifs is 1. The summed E-state index contributed by atoms with van der Waals surface area (Å²) in [5.74, 6) is 3.58. The molecule has 0 bridgehead atoms. The predicted molar refractivity (Wildman–Crippen MR) is 122 cm³/mol. The zero-order valence-electron chi connectivity index (χ0n) is 16.8. The molecule has 154 valence electrons. The highest BCUT2D eigenvalue weighted by Gasteiger charge is 2.15. The summed E-state index contributed by atoms with van der Waals surface area (Å²) in [6, 6.07) is 21.2. The number of rotatable bonds is 7. The third-order valence-corrected chi connectivity index (χ3v) is 5.45. The van der Waals surface area contributed by atoms with Gasteiger partial charge in [-0.25, -0.2) is 0 Å². The van der Waals surface area contributed by atoms with E-state index in [1.54, 1.807) is 36.2 Å². The number of nitrogens with zero attached hydrogens (tertiary/aromatic N) is 3. The fraction of sp³-hybridized carbons (Fsp3) is 0.125. The van der Waals surface area contributed by atoms with Crippen molar-refractivity contribution in [1.82, 2.24) is 10.2 Å². The number of terminal acetylenes is 1. The van der Waals surface area contributed by atoms with Crippen LogP contribution in [-0.2, 0) is 4.79 Å². The van der Waals surface area contributed by atoms with Crippen molar-refractivity contribution in [2.24, 2.45) is 0 Å². The zero-order chi connectivity index (χ0) is 21.6. The van der Waals surface area contributed by atoms with Crippen LogP contribution in [0.4, 0.5) is 5.69 Å². The first-order valence-corrected chi connectivity index (χ1v) is 10.5. The van der Waals surface area contributed by atoms with Crippen molar-refractivity contribution >= 4 is 34.1 Å². The van der Waals surface area contributed by atoms with E-state index >= 15 is 0 Å². The van der Waals surface area contributed by atoms with Crippen molar-refractivity contribution in [2.75, 3.05) is 24.3 Å². The molecule has 0 aliphatic carbocycles. The first-order valence-electron chi connectivity index (χ1n) is 9.52. The van der Waals surface area contributed by atoms with Crippen LogP contribution in [0.15, 0.2) is 76.4 Å². The molecule has 0 N–H and O–H groups in total. The largest absolute Gasteiger partial charge is 0.481 e. The van der Waals surface area contributed by atoms with E-state index in [-0.39, 0.29) is 18.3 Å². The lowest BCUT2D eigenvalue weighted by Gasteiger charge is -2.17. The van der Waals surface area contributed by atoms with Crippen LogP contribution in [0.1, 0.15) is 0 Å². The van der Waals surface area contributed by atoms with Gasteiger partial charge in [0.05, 0.1) is 5.75 Å². The summed E-state index contributed by atoms with van der Waals surface area (Å²) in [6.07, 6.45) is 5.18. The Morgan fingerprint density at radius 2 is 1.87 bits per heavy atom. The van der Waals surface area contributed by atoms with Crippen LogP contribution < -0.4 is 9.64 Å². The fourth-order valence-electron chi connectivity index (χ4n) is 2.96. The van der Waals surface area contributed by atoms with Crippen LogP contribution in [0.2, 0.25) is 0 Å². The van der Waals surface area contributed by atoms with Gasteiger partial charge in [-0.15, -0.1) is 16.6 Å². The van der Waals surface area contributed by atoms with Gasteiger partial charge < -0.3 is 14.1 Å². The summed E-state index contributed by atoms with van der Waals surface area (Å²) in [5.41, 5.74) is 1.59. The van der Waals surface area contributed by atoms with Crippen LogP contribution in [-0.4, -0.2) is 35.5 Å². The Labute approximate surface area is 184 Å². The Kier molecular flexibility index (Phi) is 6.20. The SMILES string of the molecule is C#CCOc1ccc(N(C)C(=O)CSc2nnc(-c3ccc4ccccc4c3)o2)cc1. The number of ether oxygens (including phenoxy) is 1. The summed E-state index contributed by atoms with van der Waals surface area (Å²) >= 11 is 1.21. The van der Waals surface area contributed by atoms with Gasteiger partial charge in [-0.1, -0.05) is 48.0 Å². The van der Waals surface area contributed by atoms with Crippen molar-refractivity contribution in [2.45, 2.75) is 5.22 Å². The molecule has 1 amide bonds. The monoisotopic (exact) mass is 429 g/mol. The number of anilines is 1. The van der Waals surface area contributed by atoms with Crippen molar-refractivity contribution in [1.29, 1.82) is 0 Å². The average molecular weight is 430 g/mol. The Bertz CT molecular complexity index is 1240. The number of benzene rings is 3. The van der Waals surface area contributed by atoms with Gasteiger partial charge in [0.15, 0.2) is 0 Å². The van der Waals surface area contributed by atoms with Crippen LogP contribution in [0.5, 0.6) is 5.75 Å². The van der Waals surface area contributed by atoms with Gasteiger partial charge >= 0.3 is 0 Å². The molecule has 0 atom stereocenters. The molecule has 0 radical (unpaired) electrons. The lowest BCUT2D eigenvalue weighted by molar-refractivity contribution is -0.115. The number of amides is 1. The fourth-order valence-corrected chi connectivity index (χ4v) is 3.64. The number of hydrogen-bond donors (Lipinski definition) is 0. The van der Waals surface area contributed by atoms with Crippen molar-refractivity contribution in [3.8, 4) is 29.5 Å². The van der Waals surface area contributed by atoms with E-state index in [2.05, 4.69) is 16.1 Å². The molecule has 0 saturated heterocycles. The van der Waals surface area contributed by atoms with Crippen molar-refractivity contribution < 1.29 is 13.9 Å². The number of thioether (sulfide) groups is 1. The van der Waals surface area contributed by atoms with E-state index in [9.17, 15) is 4.79 Å². The molecule has 1 aromatic heterocycles. The molecule has 0 unspecified atom stereocenters. The van der Waals surface area contributed by atoms with Crippen molar-refractivity contribution in [3.05, 3.63) is 66.7 Å². The normalized spacial score (nSPS) is 10.6. The first kappa shape index (κ1) is 20.5. The summed E-state index contributed by atoms with van der Waals surface area (Å²) in [7, 11) is 1.72. The summed E-state index contributed by atoms with van der Waals surface area (Å²) in [4.78, 5) is 14.1. The topological polar surface area (TPSA) is 68.5 Å².